The van der Waals surface area contributed by atoms with Gasteiger partial charge in [-0.25, -0.2) is 4.39 Å². The maximum absolute atomic E-state index is 13.7. The number of piperidine rings is 1. The van der Waals surface area contributed by atoms with E-state index in [1.165, 1.54) is 12.1 Å². The quantitative estimate of drug-likeness (QED) is 0.866. The normalized spacial score (nSPS) is 15.5. The molecule has 2 N–H and O–H groups in total. The van der Waals surface area contributed by atoms with Gasteiger partial charge in [-0.3, -0.25) is 14.3 Å². The van der Waals surface area contributed by atoms with Crippen LogP contribution in [0.1, 0.15) is 29.7 Å². The van der Waals surface area contributed by atoms with Gasteiger partial charge >= 0.3 is 0 Å². The number of aliphatic hydroxyl groups excluding tert-OH is 1. The number of anilines is 1. The number of aromatic nitrogens is 1. The minimum Gasteiger partial charge on any atom is -0.393 e. The number of carbonyl (C=O) groups excluding carboxylic acids is 1. The van der Waals surface area contributed by atoms with Gasteiger partial charge in [-0.1, -0.05) is 6.07 Å². The molecule has 1 aromatic heterocycles. The maximum atomic E-state index is 13.7. The molecule has 1 fully saturated rings. The van der Waals surface area contributed by atoms with E-state index in [-0.39, 0.29) is 24.4 Å². The molecular formula is C20H23FN4O2. The number of carbonyl (C=O) groups is 1. The fraction of sp³-hybridized carbons (Fsp3) is 0.400. The van der Waals surface area contributed by atoms with E-state index in [2.05, 4.69) is 11.4 Å². The Morgan fingerprint density at radius 2 is 2.07 bits per heavy atom. The van der Waals surface area contributed by atoms with Crippen LogP contribution in [0.15, 0.2) is 24.3 Å². The Morgan fingerprint density at radius 1 is 1.37 bits per heavy atom. The van der Waals surface area contributed by atoms with Crippen LogP contribution >= 0.6 is 0 Å². The van der Waals surface area contributed by atoms with Crippen molar-refractivity contribution in [1.29, 1.82) is 5.26 Å². The third-order valence-electron chi connectivity index (χ3n) is 5.07. The molecule has 3 rings (SSSR count). The molecule has 0 spiro atoms. The zero-order chi connectivity index (χ0) is 19.6. The van der Waals surface area contributed by atoms with Gasteiger partial charge in [-0.15, -0.1) is 0 Å². The minimum absolute atomic E-state index is 0.185. The number of hydrogen-bond donors (Lipinski definition) is 2. The van der Waals surface area contributed by atoms with E-state index in [4.69, 9.17) is 0 Å². The fourth-order valence-corrected chi connectivity index (χ4v) is 3.45. The van der Waals surface area contributed by atoms with Gasteiger partial charge in [0, 0.05) is 18.8 Å². The molecule has 1 aliphatic rings. The number of amides is 1. The zero-order valence-corrected chi connectivity index (χ0v) is 15.5. The molecule has 0 radical (unpaired) electrons. The summed E-state index contributed by atoms with van der Waals surface area (Å²) in [5, 5.41) is 22.0. The van der Waals surface area contributed by atoms with Crippen LogP contribution in [0.2, 0.25) is 0 Å². The van der Waals surface area contributed by atoms with E-state index in [9.17, 15) is 19.6 Å². The van der Waals surface area contributed by atoms with Gasteiger partial charge in [0.05, 0.1) is 23.9 Å². The molecule has 1 aromatic carbocycles. The van der Waals surface area contributed by atoms with Crippen molar-refractivity contribution >= 4 is 11.7 Å². The highest BCUT2D eigenvalue weighted by molar-refractivity contribution is 5.93. The lowest BCUT2D eigenvalue weighted by Crippen LogP contribution is -2.40. The summed E-state index contributed by atoms with van der Waals surface area (Å²) >= 11 is 0. The summed E-state index contributed by atoms with van der Waals surface area (Å²) in [5.41, 5.74) is 2.44. The van der Waals surface area contributed by atoms with Gasteiger partial charge < -0.3 is 10.4 Å². The molecule has 0 atom stereocenters. The first-order valence-corrected chi connectivity index (χ1v) is 8.99. The molecule has 2 heterocycles. The first-order chi connectivity index (χ1) is 12.9. The third-order valence-corrected chi connectivity index (χ3v) is 5.07. The summed E-state index contributed by atoms with van der Waals surface area (Å²) in [5.74, 6) is -0.265. The van der Waals surface area contributed by atoms with Crippen LogP contribution in [0.25, 0.3) is 5.69 Å². The molecule has 0 aliphatic carbocycles. The van der Waals surface area contributed by atoms with Crippen molar-refractivity contribution in [1.82, 2.24) is 9.47 Å². The van der Waals surface area contributed by atoms with Gasteiger partial charge in [0.2, 0.25) is 5.91 Å². The van der Waals surface area contributed by atoms with Crippen molar-refractivity contribution in [2.45, 2.75) is 32.8 Å². The summed E-state index contributed by atoms with van der Waals surface area (Å²) in [6.45, 7) is 5.14. The molecule has 0 unspecified atom stereocenters. The highest BCUT2D eigenvalue weighted by Gasteiger charge is 2.23. The summed E-state index contributed by atoms with van der Waals surface area (Å²) in [6, 6.07) is 8.20. The van der Waals surface area contributed by atoms with Crippen LogP contribution in [0.3, 0.4) is 0 Å². The van der Waals surface area contributed by atoms with E-state index in [1.807, 2.05) is 18.7 Å². The standard InChI is InChI=1S/C20H23FN4O2/c1-13-14(2)25(16-5-3-4-15(21)10-16)20(18(13)11-22)23-19(27)12-24-8-6-17(26)7-9-24/h3-5,10,17,26H,6-9,12H2,1-2H3,(H,23,27). The second-order valence-corrected chi connectivity index (χ2v) is 6.92. The second kappa shape index (κ2) is 7.91. The molecule has 0 saturated carbocycles. The predicted octanol–water partition coefficient (Wildman–Crippen LogP) is 2.50. The Balaban J connectivity index is 1.89. The number of nitrogens with zero attached hydrogens (tertiary/aromatic N) is 3. The van der Waals surface area contributed by atoms with Crippen LogP contribution < -0.4 is 5.32 Å². The molecular weight excluding hydrogens is 347 g/mol. The predicted molar refractivity (Wildman–Crippen MR) is 100 cm³/mol. The van der Waals surface area contributed by atoms with Gasteiger partial charge in [-0.05, 0) is 50.5 Å². The molecule has 1 aliphatic heterocycles. The number of likely N-dealkylation sites (tertiary alicyclic amines) is 1. The van der Waals surface area contributed by atoms with Crippen LogP contribution in [0, 0.1) is 31.0 Å². The lowest BCUT2D eigenvalue weighted by atomic mass is 10.1. The van der Waals surface area contributed by atoms with Crippen LogP contribution in [0.4, 0.5) is 10.2 Å². The highest BCUT2D eigenvalue weighted by atomic mass is 19.1. The third kappa shape index (κ3) is 4.02. The van der Waals surface area contributed by atoms with E-state index in [0.29, 0.717) is 43.0 Å². The topological polar surface area (TPSA) is 81.3 Å². The summed E-state index contributed by atoms with van der Waals surface area (Å²) in [4.78, 5) is 14.6. The number of hydrogen-bond acceptors (Lipinski definition) is 4. The molecule has 142 valence electrons. The first kappa shape index (κ1) is 19.1. The smallest absolute Gasteiger partial charge is 0.239 e. The summed E-state index contributed by atoms with van der Waals surface area (Å²) in [6.07, 6.45) is 0.994. The Morgan fingerprint density at radius 3 is 2.70 bits per heavy atom. The van der Waals surface area contributed by atoms with Crippen LogP contribution in [0.5, 0.6) is 0 Å². The van der Waals surface area contributed by atoms with Crippen molar-refractivity contribution in [3.05, 3.63) is 46.9 Å². The average Bonchev–Trinajstić information content (AvgIpc) is 2.87. The minimum atomic E-state index is -0.388. The number of nitrogens with one attached hydrogen (secondary N) is 1. The summed E-state index contributed by atoms with van der Waals surface area (Å²) in [7, 11) is 0. The van der Waals surface area contributed by atoms with Crippen molar-refractivity contribution in [3.63, 3.8) is 0 Å². The van der Waals surface area contributed by atoms with Gasteiger partial charge in [0.15, 0.2) is 0 Å². The zero-order valence-electron chi connectivity index (χ0n) is 15.5. The average molecular weight is 370 g/mol. The second-order valence-electron chi connectivity index (χ2n) is 6.92. The lowest BCUT2D eigenvalue weighted by Gasteiger charge is -2.28. The molecule has 6 nitrogen and oxygen atoms in total. The molecule has 7 heteroatoms. The number of nitriles is 1. The van der Waals surface area contributed by atoms with Crippen molar-refractivity contribution < 1.29 is 14.3 Å². The van der Waals surface area contributed by atoms with Crippen molar-refractivity contribution in [2.75, 3.05) is 25.0 Å². The largest absolute Gasteiger partial charge is 0.393 e. The Kier molecular flexibility index (Phi) is 5.59. The first-order valence-electron chi connectivity index (χ1n) is 8.99. The van der Waals surface area contributed by atoms with E-state index in [1.54, 1.807) is 16.7 Å². The highest BCUT2D eigenvalue weighted by Crippen LogP contribution is 2.30. The number of benzene rings is 1. The van der Waals surface area contributed by atoms with Crippen molar-refractivity contribution in [2.24, 2.45) is 0 Å². The van der Waals surface area contributed by atoms with Crippen molar-refractivity contribution in [3.8, 4) is 11.8 Å². The molecule has 2 aromatic rings. The van der Waals surface area contributed by atoms with E-state index < -0.39 is 0 Å². The maximum Gasteiger partial charge on any atom is 0.239 e. The Labute approximate surface area is 157 Å². The number of halogens is 1. The van der Waals surface area contributed by atoms with Gasteiger partial charge in [0.25, 0.3) is 0 Å². The SMILES string of the molecule is Cc1c(C#N)c(NC(=O)CN2CCC(O)CC2)n(-c2cccc(F)c2)c1C. The summed E-state index contributed by atoms with van der Waals surface area (Å²) < 4.78 is 15.4. The molecule has 1 saturated heterocycles. The number of aliphatic hydroxyl groups is 1. The Hall–Kier alpha value is -2.69. The van der Waals surface area contributed by atoms with Crippen LogP contribution in [-0.2, 0) is 4.79 Å². The van der Waals surface area contributed by atoms with E-state index in [0.717, 1.165) is 11.3 Å². The van der Waals surface area contributed by atoms with E-state index >= 15 is 0 Å². The monoisotopic (exact) mass is 370 g/mol. The van der Waals surface area contributed by atoms with Crippen LogP contribution in [-0.4, -0.2) is 46.2 Å². The fourth-order valence-electron chi connectivity index (χ4n) is 3.45. The molecule has 27 heavy (non-hydrogen) atoms. The Bertz CT molecular complexity index is 892. The number of rotatable bonds is 4. The molecule has 1 amide bonds. The van der Waals surface area contributed by atoms with Gasteiger partial charge in [0.1, 0.15) is 17.7 Å². The lowest BCUT2D eigenvalue weighted by molar-refractivity contribution is -0.117. The van der Waals surface area contributed by atoms with Gasteiger partial charge in [-0.2, -0.15) is 5.26 Å². The molecule has 0 bridgehead atoms.